The number of aromatic nitrogens is 1. The van der Waals surface area contributed by atoms with Gasteiger partial charge >= 0.3 is 0 Å². The molecule has 0 spiro atoms. The number of rotatable bonds is 10. The third kappa shape index (κ3) is 6.99. The van der Waals surface area contributed by atoms with Crippen molar-refractivity contribution < 1.29 is 17.9 Å². The Bertz CT molecular complexity index is 841. The van der Waals surface area contributed by atoms with Crippen LogP contribution in [-0.2, 0) is 27.8 Å². The predicted molar refractivity (Wildman–Crippen MR) is 104 cm³/mol. The fraction of sp³-hybridized carbons (Fsp3) is 0.368. The number of pyridine rings is 1. The number of nitrogens with one attached hydrogen (secondary N) is 1. The van der Waals surface area contributed by atoms with Gasteiger partial charge in [-0.25, -0.2) is 8.42 Å². The fourth-order valence-electron chi connectivity index (χ4n) is 2.61. The minimum Gasteiger partial charge on any atom is -0.496 e. The van der Waals surface area contributed by atoms with Crippen molar-refractivity contribution in [3.63, 3.8) is 0 Å². The van der Waals surface area contributed by atoms with Gasteiger partial charge in [-0.15, -0.1) is 0 Å². The van der Waals surface area contributed by atoms with Crippen molar-refractivity contribution in [1.82, 2.24) is 14.6 Å². The molecular weight excluding hydrogens is 366 g/mol. The van der Waals surface area contributed by atoms with Crippen LogP contribution in [0.1, 0.15) is 17.5 Å². The highest BCUT2D eigenvalue weighted by Gasteiger charge is 2.18. The lowest BCUT2D eigenvalue weighted by atomic mass is 10.1. The zero-order chi connectivity index (χ0) is 19.7. The monoisotopic (exact) mass is 391 g/mol. The topological polar surface area (TPSA) is 88.6 Å². The first-order valence-electron chi connectivity index (χ1n) is 8.63. The molecule has 0 saturated carbocycles. The van der Waals surface area contributed by atoms with E-state index in [0.717, 1.165) is 23.1 Å². The van der Waals surface area contributed by atoms with Crippen LogP contribution >= 0.6 is 0 Å². The van der Waals surface area contributed by atoms with Gasteiger partial charge in [0.15, 0.2) is 0 Å². The van der Waals surface area contributed by atoms with Crippen molar-refractivity contribution in [2.45, 2.75) is 19.4 Å². The molecule has 2 rings (SSSR count). The first-order chi connectivity index (χ1) is 12.9. The first kappa shape index (κ1) is 20.9. The van der Waals surface area contributed by atoms with Gasteiger partial charge < -0.3 is 10.1 Å². The average molecular weight is 391 g/mol. The van der Waals surface area contributed by atoms with E-state index in [-0.39, 0.29) is 25.4 Å². The molecule has 0 radical (unpaired) electrons. The number of hydrogen-bond donors (Lipinski definition) is 1. The number of nitrogens with zero attached hydrogens (tertiary/aromatic N) is 2. The van der Waals surface area contributed by atoms with Gasteiger partial charge in [0.1, 0.15) is 5.75 Å². The molecule has 7 nitrogen and oxygen atoms in total. The minimum absolute atomic E-state index is 0.101. The van der Waals surface area contributed by atoms with E-state index in [9.17, 15) is 13.2 Å². The molecular formula is C19H25N3O4S. The summed E-state index contributed by atoms with van der Waals surface area (Å²) in [5.74, 6) is 0.598. The lowest BCUT2D eigenvalue weighted by molar-refractivity contribution is -0.121. The Balaban J connectivity index is 1.83. The number of carbonyl (C=O) groups is 1. The number of carbonyl (C=O) groups excluding carboxylic acids is 1. The van der Waals surface area contributed by atoms with Crippen LogP contribution in [0.25, 0.3) is 0 Å². The van der Waals surface area contributed by atoms with Crippen LogP contribution in [0.15, 0.2) is 48.8 Å². The number of ether oxygens (including phenoxy) is 1. The highest BCUT2D eigenvalue weighted by molar-refractivity contribution is 7.88. The number of methoxy groups -OCH3 is 1. The molecule has 1 N–H and O–H groups in total. The van der Waals surface area contributed by atoms with Crippen LogP contribution in [0, 0.1) is 0 Å². The van der Waals surface area contributed by atoms with Crippen molar-refractivity contribution >= 4 is 15.9 Å². The molecule has 0 bridgehead atoms. The molecule has 1 aromatic heterocycles. The summed E-state index contributed by atoms with van der Waals surface area (Å²) in [5, 5.41) is 2.83. The van der Waals surface area contributed by atoms with Crippen LogP contribution in [-0.4, -0.2) is 50.1 Å². The Hall–Kier alpha value is -2.45. The summed E-state index contributed by atoms with van der Waals surface area (Å²) in [6, 6.07) is 11.1. The highest BCUT2D eigenvalue weighted by atomic mass is 32.2. The number of amides is 1. The van der Waals surface area contributed by atoms with E-state index < -0.39 is 10.0 Å². The molecule has 0 unspecified atom stereocenters. The lowest BCUT2D eigenvalue weighted by Crippen LogP contribution is -2.34. The molecule has 27 heavy (non-hydrogen) atoms. The molecule has 2 aromatic rings. The molecule has 0 aliphatic rings. The van der Waals surface area contributed by atoms with Crippen molar-refractivity contribution in [2.75, 3.05) is 26.5 Å². The van der Waals surface area contributed by atoms with E-state index >= 15 is 0 Å². The summed E-state index contributed by atoms with van der Waals surface area (Å²) in [6.45, 7) is 0.805. The Labute approximate surface area is 160 Å². The predicted octanol–water partition coefficient (Wildman–Crippen LogP) is 1.60. The molecule has 0 saturated heterocycles. The largest absolute Gasteiger partial charge is 0.496 e. The molecule has 1 aromatic carbocycles. The van der Waals surface area contributed by atoms with Crippen LogP contribution in [0.2, 0.25) is 0 Å². The summed E-state index contributed by atoms with van der Waals surface area (Å²) in [7, 11) is -1.80. The van der Waals surface area contributed by atoms with E-state index in [1.54, 1.807) is 31.6 Å². The van der Waals surface area contributed by atoms with Gasteiger partial charge in [-0.1, -0.05) is 18.2 Å². The van der Waals surface area contributed by atoms with E-state index in [1.807, 2.05) is 24.3 Å². The summed E-state index contributed by atoms with van der Waals surface area (Å²) >= 11 is 0. The fourth-order valence-corrected chi connectivity index (χ4v) is 3.42. The molecule has 0 fully saturated rings. The molecule has 0 atom stereocenters. The number of benzene rings is 1. The van der Waals surface area contributed by atoms with E-state index in [4.69, 9.17) is 4.74 Å². The zero-order valence-electron chi connectivity index (χ0n) is 15.6. The van der Waals surface area contributed by atoms with Crippen molar-refractivity contribution in [3.05, 3.63) is 59.9 Å². The van der Waals surface area contributed by atoms with Gasteiger partial charge in [0.25, 0.3) is 0 Å². The van der Waals surface area contributed by atoms with Gasteiger partial charge in [0.05, 0.1) is 13.4 Å². The zero-order valence-corrected chi connectivity index (χ0v) is 16.4. The second-order valence-corrected chi connectivity index (χ2v) is 8.10. The third-order valence-corrected chi connectivity index (χ3v) is 5.32. The van der Waals surface area contributed by atoms with Crippen LogP contribution < -0.4 is 10.1 Å². The highest BCUT2D eigenvalue weighted by Crippen LogP contribution is 2.17. The maximum absolute atomic E-state index is 12.1. The maximum atomic E-state index is 12.1. The standard InChI is InChI=1S/C19H25N3O4S/c1-26-18-6-4-3-5-17(18)9-13-21-19(23)10-14-22(27(2,24)25)15-16-7-11-20-12-8-16/h3-8,11-12H,9-10,13-15H2,1-2H3,(H,21,23). The Morgan fingerprint density at radius 1 is 1.19 bits per heavy atom. The van der Waals surface area contributed by atoms with Gasteiger partial charge in [0, 0.05) is 38.4 Å². The Morgan fingerprint density at radius 3 is 2.56 bits per heavy atom. The van der Waals surface area contributed by atoms with Crippen LogP contribution in [0.4, 0.5) is 0 Å². The number of sulfonamides is 1. The summed E-state index contributed by atoms with van der Waals surface area (Å²) in [4.78, 5) is 16.0. The summed E-state index contributed by atoms with van der Waals surface area (Å²) < 4.78 is 30.5. The van der Waals surface area contributed by atoms with E-state index in [0.29, 0.717) is 13.0 Å². The number of para-hydroxylation sites is 1. The molecule has 8 heteroatoms. The van der Waals surface area contributed by atoms with Crippen molar-refractivity contribution in [3.8, 4) is 5.75 Å². The molecule has 1 amide bonds. The first-order valence-corrected chi connectivity index (χ1v) is 10.5. The Morgan fingerprint density at radius 2 is 1.89 bits per heavy atom. The van der Waals surface area contributed by atoms with Gasteiger partial charge in [-0.05, 0) is 35.7 Å². The molecule has 1 heterocycles. The van der Waals surface area contributed by atoms with Crippen LogP contribution in [0.3, 0.4) is 0 Å². The van der Waals surface area contributed by atoms with Gasteiger partial charge in [0.2, 0.25) is 15.9 Å². The van der Waals surface area contributed by atoms with Crippen LogP contribution in [0.5, 0.6) is 5.75 Å². The lowest BCUT2D eigenvalue weighted by Gasteiger charge is -2.19. The van der Waals surface area contributed by atoms with E-state index in [2.05, 4.69) is 10.3 Å². The average Bonchev–Trinajstić information content (AvgIpc) is 2.65. The molecule has 0 aliphatic heterocycles. The third-order valence-electron chi connectivity index (χ3n) is 4.07. The maximum Gasteiger partial charge on any atom is 0.221 e. The van der Waals surface area contributed by atoms with E-state index in [1.165, 1.54) is 4.31 Å². The van der Waals surface area contributed by atoms with Gasteiger partial charge in [-0.2, -0.15) is 4.31 Å². The minimum atomic E-state index is -3.41. The molecule has 0 aliphatic carbocycles. The van der Waals surface area contributed by atoms with Crippen molar-refractivity contribution in [2.24, 2.45) is 0 Å². The smallest absolute Gasteiger partial charge is 0.221 e. The molecule has 146 valence electrons. The SMILES string of the molecule is COc1ccccc1CCNC(=O)CCN(Cc1ccncc1)S(C)(=O)=O. The number of hydrogen-bond acceptors (Lipinski definition) is 5. The summed E-state index contributed by atoms with van der Waals surface area (Å²) in [5.41, 5.74) is 1.84. The Kier molecular flexibility index (Phi) is 7.75. The quantitative estimate of drug-likeness (QED) is 0.665. The summed E-state index contributed by atoms with van der Waals surface area (Å²) in [6.07, 6.45) is 5.11. The van der Waals surface area contributed by atoms with Crippen molar-refractivity contribution in [1.29, 1.82) is 0 Å². The normalized spacial score (nSPS) is 11.4. The van der Waals surface area contributed by atoms with Gasteiger partial charge in [-0.3, -0.25) is 9.78 Å². The second kappa shape index (κ2) is 10.0. The second-order valence-electron chi connectivity index (χ2n) is 6.11.